The smallest absolute Gasteiger partial charge is 0.208 e. The number of aromatic amines is 1. The maximum Gasteiger partial charge on any atom is 0.208 e. The van der Waals surface area contributed by atoms with Crippen LogP contribution < -0.4 is 5.43 Å². The highest BCUT2D eigenvalue weighted by Gasteiger charge is 2.12. The average Bonchev–Trinajstić information content (AvgIpc) is 2.44. The van der Waals surface area contributed by atoms with Crippen molar-refractivity contribution in [1.82, 2.24) is 4.98 Å². The van der Waals surface area contributed by atoms with Crippen molar-refractivity contribution < 1.29 is 0 Å². The van der Waals surface area contributed by atoms with Gasteiger partial charge in [0.15, 0.2) is 0 Å². The van der Waals surface area contributed by atoms with Crippen LogP contribution in [0.15, 0.2) is 11.0 Å². The van der Waals surface area contributed by atoms with E-state index in [1.165, 1.54) is 17.5 Å². The topological polar surface area (TPSA) is 56.6 Å². The minimum absolute atomic E-state index is 0.169. The van der Waals surface area contributed by atoms with Crippen LogP contribution in [-0.4, -0.2) is 4.98 Å². The zero-order valence-electron chi connectivity index (χ0n) is 7.22. The van der Waals surface area contributed by atoms with Crippen molar-refractivity contribution in [3.63, 3.8) is 0 Å². The second-order valence-electron chi connectivity index (χ2n) is 2.85. The van der Waals surface area contributed by atoms with Gasteiger partial charge in [0.1, 0.15) is 16.5 Å². The second-order valence-corrected chi connectivity index (χ2v) is 5.68. The molecule has 0 saturated heterocycles. The van der Waals surface area contributed by atoms with Gasteiger partial charge in [-0.05, 0) is 35.1 Å². The number of H-pyrrole nitrogens is 1. The number of nitrogens with zero attached hydrogens (tertiary/aromatic N) is 1. The van der Waals surface area contributed by atoms with Gasteiger partial charge in [0.05, 0.1) is 8.27 Å². The Bertz CT molecular complexity index is 606. The summed E-state index contributed by atoms with van der Waals surface area (Å²) in [7, 11) is 0. The minimum Gasteiger partial charge on any atom is -0.351 e. The highest BCUT2D eigenvalue weighted by molar-refractivity contribution is 14.1. The Labute approximate surface area is 97.5 Å². The first-order valence-corrected chi connectivity index (χ1v) is 5.75. The molecular formula is C9H5IN2OS. The first-order valence-electron chi connectivity index (χ1n) is 3.85. The third-order valence-corrected chi connectivity index (χ3v) is 4.51. The number of thiophene rings is 1. The van der Waals surface area contributed by atoms with Gasteiger partial charge in [0.25, 0.3) is 0 Å². The fourth-order valence-electron chi connectivity index (χ4n) is 1.28. The van der Waals surface area contributed by atoms with Gasteiger partial charge < -0.3 is 4.98 Å². The summed E-state index contributed by atoms with van der Waals surface area (Å²) in [4.78, 5) is 15.6. The van der Waals surface area contributed by atoms with Crippen LogP contribution >= 0.6 is 33.9 Å². The van der Waals surface area contributed by atoms with Crippen LogP contribution in [0.1, 0.15) is 11.1 Å². The lowest BCUT2D eigenvalue weighted by atomic mass is 10.2. The molecule has 5 heteroatoms. The summed E-state index contributed by atoms with van der Waals surface area (Å²) >= 11 is 3.73. The van der Waals surface area contributed by atoms with Crippen molar-refractivity contribution in [3.05, 3.63) is 30.4 Å². The number of aryl methyl sites for hydroxylation is 1. The second kappa shape index (κ2) is 3.37. The number of pyridine rings is 1. The molecule has 0 aliphatic rings. The monoisotopic (exact) mass is 316 g/mol. The van der Waals surface area contributed by atoms with Crippen LogP contribution in [0.4, 0.5) is 0 Å². The predicted molar refractivity (Wildman–Crippen MR) is 64.6 cm³/mol. The van der Waals surface area contributed by atoms with Crippen molar-refractivity contribution in [2.75, 3.05) is 0 Å². The van der Waals surface area contributed by atoms with Crippen LogP contribution in [0.3, 0.4) is 0 Å². The lowest BCUT2D eigenvalue weighted by Crippen LogP contribution is -2.06. The lowest BCUT2D eigenvalue weighted by molar-refractivity contribution is 1.36. The van der Waals surface area contributed by atoms with Gasteiger partial charge in [-0.15, -0.1) is 11.3 Å². The summed E-state index contributed by atoms with van der Waals surface area (Å²) in [6.45, 7) is 1.90. The highest BCUT2D eigenvalue weighted by Crippen LogP contribution is 2.28. The number of nitriles is 1. The largest absolute Gasteiger partial charge is 0.351 e. The van der Waals surface area contributed by atoms with Gasteiger partial charge in [-0.25, -0.2) is 0 Å². The van der Waals surface area contributed by atoms with E-state index in [1.807, 2.05) is 13.0 Å². The summed E-state index contributed by atoms with van der Waals surface area (Å²) in [5.74, 6) is 0. The van der Waals surface area contributed by atoms with Gasteiger partial charge >= 0.3 is 0 Å². The molecule has 0 aromatic carbocycles. The molecule has 0 amide bonds. The van der Waals surface area contributed by atoms with Gasteiger partial charge in [-0.3, -0.25) is 4.79 Å². The van der Waals surface area contributed by atoms with E-state index in [0.29, 0.717) is 5.39 Å². The molecule has 3 nitrogen and oxygen atoms in total. The molecule has 0 unspecified atom stereocenters. The number of fused-ring (bicyclic) bond motifs is 1. The molecule has 0 spiro atoms. The Balaban J connectivity index is 3.03. The Hall–Kier alpha value is -0.870. The Morgan fingerprint density at radius 3 is 3.00 bits per heavy atom. The summed E-state index contributed by atoms with van der Waals surface area (Å²) in [6, 6.07) is 1.88. The van der Waals surface area contributed by atoms with Crippen molar-refractivity contribution in [1.29, 1.82) is 5.26 Å². The van der Waals surface area contributed by atoms with E-state index < -0.39 is 0 Å². The molecule has 14 heavy (non-hydrogen) atoms. The van der Waals surface area contributed by atoms with Crippen molar-refractivity contribution in [3.8, 4) is 6.07 Å². The summed E-state index contributed by atoms with van der Waals surface area (Å²) < 4.78 is 1.08. The number of rotatable bonds is 0. The molecule has 2 rings (SSSR count). The molecule has 0 radical (unpaired) electrons. The van der Waals surface area contributed by atoms with E-state index in [1.54, 1.807) is 0 Å². The number of hydrogen-bond donors (Lipinski definition) is 1. The van der Waals surface area contributed by atoms with Crippen LogP contribution in [0.2, 0.25) is 0 Å². The average molecular weight is 316 g/mol. The molecule has 0 saturated carbocycles. The Morgan fingerprint density at radius 2 is 2.36 bits per heavy atom. The molecule has 0 atom stereocenters. The fourth-order valence-corrected chi connectivity index (χ4v) is 3.11. The third kappa shape index (κ3) is 1.26. The summed E-state index contributed by atoms with van der Waals surface area (Å²) in [5, 5.41) is 9.36. The molecule has 1 N–H and O–H groups in total. The maximum absolute atomic E-state index is 11.8. The standard InChI is InChI=1S/C9H5IN2OS/c1-4-6-7(13)5(2-11)3-12-9(6)14-8(4)10/h3H,1H3,(H,12,13). The zero-order valence-corrected chi connectivity index (χ0v) is 10.2. The molecule has 2 aromatic heterocycles. The SMILES string of the molecule is Cc1c(I)sc2[nH]cc(C#N)c(=O)c12. The van der Waals surface area contributed by atoms with Crippen LogP contribution in [-0.2, 0) is 0 Å². The van der Waals surface area contributed by atoms with E-state index in [0.717, 1.165) is 13.3 Å². The van der Waals surface area contributed by atoms with Gasteiger partial charge in [-0.1, -0.05) is 0 Å². The summed E-state index contributed by atoms with van der Waals surface area (Å²) in [6.07, 6.45) is 1.47. The maximum atomic E-state index is 11.8. The summed E-state index contributed by atoms with van der Waals surface area (Å²) in [5.41, 5.74) is 0.969. The molecular weight excluding hydrogens is 311 g/mol. The number of nitrogens with one attached hydrogen (secondary N) is 1. The minimum atomic E-state index is -0.169. The number of hydrogen-bond acceptors (Lipinski definition) is 3. The first-order chi connectivity index (χ1) is 6.65. The van der Waals surface area contributed by atoms with E-state index in [9.17, 15) is 4.79 Å². The van der Waals surface area contributed by atoms with E-state index in [4.69, 9.17) is 5.26 Å². The Kier molecular flexibility index (Phi) is 2.33. The highest BCUT2D eigenvalue weighted by atomic mass is 127. The molecule has 0 fully saturated rings. The fraction of sp³-hybridized carbons (Fsp3) is 0.111. The van der Waals surface area contributed by atoms with Crippen molar-refractivity contribution in [2.45, 2.75) is 6.92 Å². The van der Waals surface area contributed by atoms with Crippen LogP contribution in [0.5, 0.6) is 0 Å². The van der Waals surface area contributed by atoms with Crippen molar-refractivity contribution in [2.24, 2.45) is 0 Å². The molecule has 2 heterocycles. The van der Waals surface area contributed by atoms with Gasteiger partial charge in [0.2, 0.25) is 5.43 Å². The van der Waals surface area contributed by atoms with E-state index in [-0.39, 0.29) is 11.0 Å². The number of halogens is 1. The lowest BCUT2D eigenvalue weighted by Gasteiger charge is -1.91. The number of aromatic nitrogens is 1. The predicted octanol–water partition coefficient (Wildman–Crippen LogP) is 2.37. The van der Waals surface area contributed by atoms with Crippen molar-refractivity contribution >= 4 is 44.1 Å². The third-order valence-electron chi connectivity index (χ3n) is 2.03. The van der Waals surface area contributed by atoms with E-state index >= 15 is 0 Å². The van der Waals surface area contributed by atoms with Crippen LogP contribution in [0, 0.1) is 21.1 Å². The van der Waals surface area contributed by atoms with Crippen LogP contribution in [0.25, 0.3) is 10.2 Å². The van der Waals surface area contributed by atoms with E-state index in [2.05, 4.69) is 27.6 Å². The Morgan fingerprint density at radius 1 is 1.64 bits per heavy atom. The van der Waals surface area contributed by atoms with Gasteiger partial charge in [0, 0.05) is 6.20 Å². The normalized spacial score (nSPS) is 10.4. The molecule has 0 aliphatic heterocycles. The molecule has 2 aromatic rings. The molecule has 0 bridgehead atoms. The molecule has 0 aliphatic carbocycles. The molecule has 70 valence electrons. The quantitative estimate of drug-likeness (QED) is 0.759. The first kappa shape index (κ1) is 9.68. The van der Waals surface area contributed by atoms with Gasteiger partial charge in [-0.2, -0.15) is 5.26 Å². The zero-order chi connectivity index (χ0) is 10.3.